The predicted molar refractivity (Wildman–Crippen MR) is 76.4 cm³/mol. The van der Waals surface area contributed by atoms with Crippen LogP contribution in [0.4, 0.5) is 13.2 Å². The lowest BCUT2D eigenvalue weighted by Gasteiger charge is -2.13. The van der Waals surface area contributed by atoms with E-state index in [0.717, 1.165) is 30.0 Å². The van der Waals surface area contributed by atoms with Gasteiger partial charge in [0, 0.05) is 24.2 Å². The molecule has 0 unspecified atom stereocenters. The topological polar surface area (TPSA) is 12.0 Å². The molecule has 1 N–H and O–H groups in total. The summed E-state index contributed by atoms with van der Waals surface area (Å²) in [4.78, 5) is 0. The average Bonchev–Trinajstić information content (AvgIpc) is 3.25. The molecule has 0 atom stereocenters. The normalized spacial score (nSPS) is 14.5. The Hall–Kier alpha value is -1.81. The molecule has 110 valence electrons. The smallest absolute Gasteiger partial charge is 0.161 e. The molecule has 1 saturated carbocycles. The first-order valence-corrected chi connectivity index (χ1v) is 7.02. The van der Waals surface area contributed by atoms with E-state index in [1.807, 2.05) is 19.1 Å². The molecule has 1 aliphatic carbocycles. The zero-order valence-corrected chi connectivity index (χ0v) is 11.7. The van der Waals surface area contributed by atoms with Gasteiger partial charge in [-0.2, -0.15) is 0 Å². The Morgan fingerprint density at radius 2 is 1.67 bits per heavy atom. The molecule has 0 bridgehead atoms. The molecule has 0 aromatic heterocycles. The Morgan fingerprint density at radius 1 is 0.952 bits per heavy atom. The van der Waals surface area contributed by atoms with E-state index in [0.29, 0.717) is 24.2 Å². The van der Waals surface area contributed by atoms with Gasteiger partial charge in [-0.05, 0) is 37.0 Å². The van der Waals surface area contributed by atoms with Crippen LogP contribution in [0.5, 0.6) is 0 Å². The summed E-state index contributed by atoms with van der Waals surface area (Å²) >= 11 is 0. The van der Waals surface area contributed by atoms with Gasteiger partial charge in [0.05, 0.1) is 0 Å². The predicted octanol–water partition coefficient (Wildman–Crippen LogP) is 4.33. The largest absolute Gasteiger partial charge is 0.310 e. The Bertz CT molecular complexity index is 678. The Labute approximate surface area is 121 Å². The van der Waals surface area contributed by atoms with Gasteiger partial charge in [0.15, 0.2) is 11.6 Å². The first kappa shape index (κ1) is 14.1. The van der Waals surface area contributed by atoms with Crippen molar-refractivity contribution in [3.63, 3.8) is 0 Å². The summed E-state index contributed by atoms with van der Waals surface area (Å²) in [6.45, 7) is 2.48. The van der Waals surface area contributed by atoms with Gasteiger partial charge in [0.2, 0.25) is 0 Å². The molecule has 3 rings (SSSR count). The number of rotatable bonds is 4. The Morgan fingerprint density at radius 3 is 2.38 bits per heavy atom. The highest BCUT2D eigenvalue weighted by Crippen LogP contribution is 2.30. The van der Waals surface area contributed by atoms with Gasteiger partial charge in [-0.3, -0.25) is 0 Å². The summed E-state index contributed by atoms with van der Waals surface area (Å²) in [7, 11) is 0. The minimum absolute atomic E-state index is 0.102. The fourth-order valence-electron chi connectivity index (χ4n) is 2.37. The van der Waals surface area contributed by atoms with E-state index in [-0.39, 0.29) is 5.56 Å². The first-order valence-electron chi connectivity index (χ1n) is 7.02. The molecular weight excluding hydrogens is 275 g/mol. The molecule has 21 heavy (non-hydrogen) atoms. The van der Waals surface area contributed by atoms with Gasteiger partial charge in [-0.1, -0.05) is 23.8 Å². The van der Waals surface area contributed by atoms with Crippen molar-refractivity contribution in [2.24, 2.45) is 0 Å². The van der Waals surface area contributed by atoms with Crippen LogP contribution < -0.4 is 5.32 Å². The SMILES string of the molecule is Cc1ccc(CNC2CC2)c(-c2cc(F)c(F)cc2F)c1. The van der Waals surface area contributed by atoms with Crippen molar-refractivity contribution in [3.8, 4) is 11.1 Å². The van der Waals surface area contributed by atoms with Crippen molar-refractivity contribution in [3.05, 3.63) is 58.9 Å². The quantitative estimate of drug-likeness (QED) is 0.827. The lowest BCUT2D eigenvalue weighted by molar-refractivity contribution is 0.496. The van der Waals surface area contributed by atoms with Crippen LogP contribution in [0.15, 0.2) is 30.3 Å². The Kier molecular flexibility index (Phi) is 3.72. The molecule has 0 saturated heterocycles. The van der Waals surface area contributed by atoms with Gasteiger partial charge in [0.25, 0.3) is 0 Å². The van der Waals surface area contributed by atoms with Crippen LogP contribution in [0.25, 0.3) is 11.1 Å². The van der Waals surface area contributed by atoms with E-state index in [2.05, 4.69) is 5.32 Å². The van der Waals surface area contributed by atoms with Gasteiger partial charge < -0.3 is 5.32 Å². The van der Waals surface area contributed by atoms with Crippen LogP contribution in [0, 0.1) is 24.4 Å². The van der Waals surface area contributed by atoms with E-state index in [4.69, 9.17) is 0 Å². The molecule has 0 amide bonds. The van der Waals surface area contributed by atoms with Crippen LogP contribution >= 0.6 is 0 Å². The molecular formula is C17H16F3N. The number of aryl methyl sites for hydroxylation is 1. The summed E-state index contributed by atoms with van der Waals surface area (Å²) in [5, 5.41) is 3.36. The molecule has 4 heteroatoms. The van der Waals surface area contributed by atoms with E-state index >= 15 is 0 Å². The minimum Gasteiger partial charge on any atom is -0.310 e. The minimum atomic E-state index is -1.17. The third-order valence-electron chi connectivity index (χ3n) is 3.72. The molecule has 1 fully saturated rings. The van der Waals surface area contributed by atoms with Gasteiger partial charge >= 0.3 is 0 Å². The molecule has 0 aliphatic heterocycles. The van der Waals surface area contributed by atoms with Crippen molar-refractivity contribution >= 4 is 0 Å². The lowest BCUT2D eigenvalue weighted by Crippen LogP contribution is -2.16. The number of halogens is 3. The number of hydrogen-bond acceptors (Lipinski definition) is 1. The summed E-state index contributed by atoms with van der Waals surface area (Å²) in [5.74, 6) is -2.94. The molecule has 0 radical (unpaired) electrons. The molecule has 1 nitrogen and oxygen atoms in total. The number of benzene rings is 2. The molecule has 0 heterocycles. The molecule has 2 aromatic carbocycles. The molecule has 1 aliphatic rings. The van der Waals surface area contributed by atoms with E-state index < -0.39 is 17.5 Å². The van der Waals surface area contributed by atoms with Crippen molar-refractivity contribution in [1.82, 2.24) is 5.32 Å². The van der Waals surface area contributed by atoms with E-state index in [1.165, 1.54) is 0 Å². The monoisotopic (exact) mass is 291 g/mol. The standard InChI is InChI=1S/C17H16F3N/c1-10-2-3-11(9-21-12-4-5-12)13(6-10)14-7-16(19)17(20)8-15(14)18/h2-3,6-8,12,21H,4-5,9H2,1H3. The highest BCUT2D eigenvalue weighted by Gasteiger charge is 2.21. The summed E-state index contributed by atoms with van der Waals surface area (Å²) in [6.07, 6.45) is 2.31. The summed E-state index contributed by atoms with van der Waals surface area (Å²) in [6, 6.07) is 7.70. The van der Waals surface area contributed by atoms with Crippen molar-refractivity contribution in [2.45, 2.75) is 32.4 Å². The third-order valence-corrected chi connectivity index (χ3v) is 3.72. The van der Waals surface area contributed by atoms with E-state index in [9.17, 15) is 13.2 Å². The molecule has 2 aromatic rings. The maximum Gasteiger partial charge on any atom is 0.161 e. The molecule has 0 spiro atoms. The second-order valence-electron chi connectivity index (χ2n) is 5.56. The Balaban J connectivity index is 2.02. The maximum absolute atomic E-state index is 14.0. The lowest BCUT2D eigenvalue weighted by atomic mass is 9.96. The average molecular weight is 291 g/mol. The van der Waals surface area contributed by atoms with Crippen molar-refractivity contribution in [1.29, 1.82) is 0 Å². The van der Waals surface area contributed by atoms with Gasteiger partial charge in [0.1, 0.15) is 5.82 Å². The number of hydrogen-bond donors (Lipinski definition) is 1. The zero-order valence-electron chi connectivity index (χ0n) is 11.7. The number of nitrogens with one attached hydrogen (secondary N) is 1. The maximum atomic E-state index is 14.0. The van der Waals surface area contributed by atoms with Crippen LogP contribution in [0.1, 0.15) is 24.0 Å². The van der Waals surface area contributed by atoms with E-state index in [1.54, 1.807) is 6.07 Å². The second-order valence-corrected chi connectivity index (χ2v) is 5.56. The fraction of sp³-hybridized carbons (Fsp3) is 0.294. The van der Waals surface area contributed by atoms with Crippen LogP contribution in [0.3, 0.4) is 0 Å². The zero-order chi connectivity index (χ0) is 15.0. The third kappa shape index (κ3) is 3.10. The van der Waals surface area contributed by atoms with Crippen LogP contribution in [0.2, 0.25) is 0 Å². The van der Waals surface area contributed by atoms with Gasteiger partial charge in [-0.25, -0.2) is 13.2 Å². The van der Waals surface area contributed by atoms with Crippen molar-refractivity contribution in [2.75, 3.05) is 0 Å². The summed E-state index contributed by atoms with van der Waals surface area (Å²) < 4.78 is 40.5. The second kappa shape index (κ2) is 5.53. The van der Waals surface area contributed by atoms with Crippen LogP contribution in [-0.2, 0) is 6.54 Å². The fourth-order valence-corrected chi connectivity index (χ4v) is 2.37. The van der Waals surface area contributed by atoms with Crippen LogP contribution in [-0.4, -0.2) is 6.04 Å². The van der Waals surface area contributed by atoms with Crippen molar-refractivity contribution < 1.29 is 13.2 Å². The highest BCUT2D eigenvalue weighted by molar-refractivity contribution is 5.69. The highest BCUT2D eigenvalue weighted by atomic mass is 19.2. The first-order chi connectivity index (χ1) is 10.0. The summed E-state index contributed by atoms with van der Waals surface area (Å²) in [5.41, 5.74) is 2.55. The van der Waals surface area contributed by atoms with Gasteiger partial charge in [-0.15, -0.1) is 0 Å².